The van der Waals surface area contributed by atoms with E-state index in [2.05, 4.69) is 27.7 Å². The average Bonchev–Trinajstić information content (AvgIpc) is 3.33. The van der Waals surface area contributed by atoms with Gasteiger partial charge in [0, 0.05) is 10.6 Å². The van der Waals surface area contributed by atoms with Crippen LogP contribution in [-0.2, 0) is 6.54 Å². The van der Waals surface area contributed by atoms with Gasteiger partial charge in [0.15, 0.2) is 0 Å². The number of unbranched alkanes of at least 4 members (excludes halogenated alkanes) is 9. The molecule has 0 aliphatic carbocycles. The molecular formula is C27H36ClN5O. The van der Waals surface area contributed by atoms with Crippen LogP contribution in [-0.4, -0.2) is 26.1 Å². The third-order valence-corrected chi connectivity index (χ3v) is 6.20. The lowest BCUT2D eigenvalue weighted by molar-refractivity contribution is 0.0941. The Kier molecular flexibility index (Phi) is 11.0. The molecule has 1 amide bonds. The Morgan fingerprint density at radius 2 is 1.50 bits per heavy atom. The first kappa shape index (κ1) is 25.9. The quantitative estimate of drug-likeness (QED) is 0.243. The minimum atomic E-state index is -0.481. The summed E-state index contributed by atoms with van der Waals surface area (Å²) < 4.78 is 0. The molecule has 1 aromatic heterocycles. The summed E-state index contributed by atoms with van der Waals surface area (Å²) >= 11 is 5.95. The normalized spacial score (nSPS) is 11.9. The molecule has 2 aromatic carbocycles. The van der Waals surface area contributed by atoms with Crippen LogP contribution in [0.15, 0.2) is 54.6 Å². The third-order valence-electron chi connectivity index (χ3n) is 5.95. The van der Waals surface area contributed by atoms with E-state index in [9.17, 15) is 4.79 Å². The Hall–Kier alpha value is -2.73. The van der Waals surface area contributed by atoms with E-state index in [4.69, 9.17) is 11.6 Å². The van der Waals surface area contributed by atoms with Gasteiger partial charge in [0.2, 0.25) is 5.82 Å². The highest BCUT2D eigenvalue weighted by Crippen LogP contribution is 2.20. The van der Waals surface area contributed by atoms with Crippen LogP contribution in [0.2, 0.25) is 5.02 Å². The SMILES string of the molecule is CCCCCCCCCCCCn1nnc(C(NC(=O)c2ccc(Cl)cc2)c2ccccc2)n1. The van der Waals surface area contributed by atoms with E-state index in [1.54, 1.807) is 29.1 Å². The summed E-state index contributed by atoms with van der Waals surface area (Å²) in [6, 6.07) is 16.1. The number of amides is 1. The number of hydrogen-bond acceptors (Lipinski definition) is 4. The summed E-state index contributed by atoms with van der Waals surface area (Å²) in [5, 5.41) is 16.7. The second-order valence-corrected chi connectivity index (χ2v) is 9.19. The van der Waals surface area contributed by atoms with Crippen LogP contribution in [0.5, 0.6) is 0 Å². The molecule has 6 nitrogen and oxygen atoms in total. The zero-order valence-electron chi connectivity index (χ0n) is 20.1. The topological polar surface area (TPSA) is 72.7 Å². The summed E-state index contributed by atoms with van der Waals surface area (Å²) in [5.41, 5.74) is 1.44. The van der Waals surface area contributed by atoms with Crippen LogP contribution in [0.3, 0.4) is 0 Å². The molecule has 0 fully saturated rings. The molecule has 182 valence electrons. The van der Waals surface area contributed by atoms with Gasteiger partial charge in [-0.3, -0.25) is 4.79 Å². The van der Waals surface area contributed by atoms with Crippen molar-refractivity contribution in [1.29, 1.82) is 0 Å². The number of aromatic nitrogens is 4. The fourth-order valence-electron chi connectivity index (χ4n) is 3.96. The van der Waals surface area contributed by atoms with Crippen molar-refractivity contribution in [2.75, 3.05) is 0 Å². The fourth-order valence-corrected chi connectivity index (χ4v) is 4.09. The number of rotatable bonds is 15. The highest BCUT2D eigenvalue weighted by Gasteiger charge is 2.22. The first-order valence-corrected chi connectivity index (χ1v) is 12.9. The molecule has 0 aliphatic rings. The van der Waals surface area contributed by atoms with Gasteiger partial charge < -0.3 is 5.32 Å². The van der Waals surface area contributed by atoms with Crippen molar-refractivity contribution in [2.45, 2.75) is 83.7 Å². The molecule has 0 saturated heterocycles. The van der Waals surface area contributed by atoms with E-state index >= 15 is 0 Å². The van der Waals surface area contributed by atoms with Gasteiger partial charge in [-0.2, -0.15) is 4.80 Å². The number of nitrogens with zero attached hydrogens (tertiary/aromatic N) is 4. The van der Waals surface area contributed by atoms with Crippen molar-refractivity contribution < 1.29 is 4.79 Å². The van der Waals surface area contributed by atoms with Gasteiger partial charge in [0.1, 0.15) is 6.04 Å². The summed E-state index contributed by atoms with van der Waals surface area (Å²) in [7, 11) is 0. The van der Waals surface area contributed by atoms with Crippen LogP contribution in [0.25, 0.3) is 0 Å². The first-order chi connectivity index (χ1) is 16.7. The predicted molar refractivity (Wildman–Crippen MR) is 137 cm³/mol. The van der Waals surface area contributed by atoms with Crippen molar-refractivity contribution in [3.8, 4) is 0 Å². The number of halogens is 1. The number of tetrazole rings is 1. The molecule has 3 rings (SSSR count). The maximum atomic E-state index is 12.9. The highest BCUT2D eigenvalue weighted by atomic mass is 35.5. The molecule has 1 N–H and O–H groups in total. The molecule has 0 bridgehead atoms. The second-order valence-electron chi connectivity index (χ2n) is 8.75. The maximum absolute atomic E-state index is 12.9. The van der Waals surface area contributed by atoms with E-state index in [1.807, 2.05) is 30.3 Å². The molecule has 34 heavy (non-hydrogen) atoms. The Morgan fingerprint density at radius 1 is 0.882 bits per heavy atom. The maximum Gasteiger partial charge on any atom is 0.252 e. The molecule has 0 spiro atoms. The fraction of sp³-hybridized carbons (Fsp3) is 0.481. The zero-order valence-corrected chi connectivity index (χ0v) is 20.9. The van der Waals surface area contributed by atoms with Gasteiger partial charge >= 0.3 is 0 Å². The number of benzene rings is 2. The smallest absolute Gasteiger partial charge is 0.252 e. The standard InChI is InChI=1S/C27H36ClN5O/c1-2-3-4-5-6-7-8-9-10-14-21-33-31-26(30-32-33)25(22-15-12-11-13-16-22)29-27(34)23-17-19-24(28)20-18-23/h11-13,15-20,25H,2-10,14,21H2,1H3,(H,29,34). The van der Waals surface area contributed by atoms with Crippen molar-refractivity contribution in [1.82, 2.24) is 25.5 Å². The Bertz CT molecular complexity index is 974. The van der Waals surface area contributed by atoms with Crippen LogP contribution in [0.4, 0.5) is 0 Å². The lowest BCUT2D eigenvalue weighted by Gasteiger charge is -2.16. The number of carbonyl (C=O) groups is 1. The van der Waals surface area contributed by atoms with E-state index in [-0.39, 0.29) is 5.91 Å². The van der Waals surface area contributed by atoms with E-state index < -0.39 is 6.04 Å². The molecule has 1 heterocycles. The number of hydrogen-bond donors (Lipinski definition) is 1. The molecule has 7 heteroatoms. The Balaban J connectivity index is 1.51. The van der Waals surface area contributed by atoms with Crippen molar-refractivity contribution in [2.24, 2.45) is 0 Å². The zero-order chi connectivity index (χ0) is 24.0. The molecular weight excluding hydrogens is 446 g/mol. The largest absolute Gasteiger partial charge is 0.338 e. The van der Waals surface area contributed by atoms with Crippen LogP contribution in [0, 0.1) is 0 Å². The molecule has 0 radical (unpaired) electrons. The first-order valence-electron chi connectivity index (χ1n) is 12.6. The number of aryl methyl sites for hydroxylation is 1. The molecule has 0 aliphatic heterocycles. The average molecular weight is 482 g/mol. The van der Waals surface area contributed by atoms with E-state index in [0.29, 0.717) is 16.4 Å². The van der Waals surface area contributed by atoms with Crippen molar-refractivity contribution in [3.63, 3.8) is 0 Å². The van der Waals surface area contributed by atoms with Gasteiger partial charge in [-0.25, -0.2) is 0 Å². The van der Waals surface area contributed by atoms with Crippen LogP contribution >= 0.6 is 11.6 Å². The molecule has 3 aromatic rings. The monoisotopic (exact) mass is 481 g/mol. The second kappa shape index (κ2) is 14.5. The lowest BCUT2D eigenvalue weighted by atomic mass is 10.1. The summed E-state index contributed by atoms with van der Waals surface area (Å²) in [5.74, 6) is 0.275. The highest BCUT2D eigenvalue weighted by molar-refractivity contribution is 6.30. The third kappa shape index (κ3) is 8.56. The molecule has 1 unspecified atom stereocenters. The van der Waals surface area contributed by atoms with Crippen molar-refractivity contribution >= 4 is 17.5 Å². The molecule has 1 atom stereocenters. The Morgan fingerprint density at radius 3 is 2.15 bits per heavy atom. The Labute approximate surface area is 208 Å². The number of nitrogens with one attached hydrogen (secondary N) is 1. The molecule has 0 saturated carbocycles. The van der Waals surface area contributed by atoms with Crippen LogP contribution < -0.4 is 5.32 Å². The van der Waals surface area contributed by atoms with Crippen molar-refractivity contribution in [3.05, 3.63) is 76.6 Å². The van der Waals surface area contributed by atoms with Gasteiger partial charge in [0.25, 0.3) is 5.91 Å². The van der Waals surface area contributed by atoms with Gasteiger partial charge in [0.05, 0.1) is 6.54 Å². The predicted octanol–water partition coefficient (Wildman–Crippen LogP) is 6.77. The minimum Gasteiger partial charge on any atom is -0.338 e. The van der Waals surface area contributed by atoms with E-state index in [0.717, 1.165) is 18.5 Å². The van der Waals surface area contributed by atoms with E-state index in [1.165, 1.54) is 57.8 Å². The van der Waals surface area contributed by atoms with Gasteiger partial charge in [-0.1, -0.05) is 107 Å². The lowest BCUT2D eigenvalue weighted by Crippen LogP contribution is -2.30. The summed E-state index contributed by atoms with van der Waals surface area (Å²) in [6.45, 7) is 2.99. The van der Waals surface area contributed by atoms with Gasteiger partial charge in [-0.15, -0.1) is 10.2 Å². The van der Waals surface area contributed by atoms with Crippen LogP contribution in [0.1, 0.15) is 98.9 Å². The van der Waals surface area contributed by atoms with Gasteiger partial charge in [-0.05, 0) is 41.5 Å². The minimum absolute atomic E-state index is 0.212. The summed E-state index contributed by atoms with van der Waals surface area (Å²) in [6.07, 6.45) is 12.9. The number of carbonyl (C=O) groups excluding carboxylic acids is 1. The summed E-state index contributed by atoms with van der Waals surface area (Å²) in [4.78, 5) is 14.5.